The van der Waals surface area contributed by atoms with Crippen LogP contribution in [0.3, 0.4) is 0 Å². The summed E-state index contributed by atoms with van der Waals surface area (Å²) in [5.74, 6) is -2.68. The number of fused-ring (bicyclic) bond motifs is 3. The highest BCUT2D eigenvalue weighted by molar-refractivity contribution is 5.86. The molecule has 0 saturated heterocycles. The topological polar surface area (TPSA) is 62.5 Å². The fourth-order valence-electron chi connectivity index (χ4n) is 3.58. The van der Waals surface area contributed by atoms with Gasteiger partial charge in [-0.3, -0.25) is 4.79 Å². The summed E-state index contributed by atoms with van der Waals surface area (Å²) in [4.78, 5) is 11.0. The number of nitrogens with zero attached hydrogens (tertiary/aromatic N) is 1. The zero-order valence-electron chi connectivity index (χ0n) is 13.3. The van der Waals surface area contributed by atoms with E-state index < -0.39 is 53.3 Å². The number of benzene rings is 1. The van der Waals surface area contributed by atoms with Crippen LogP contribution in [0, 0.1) is 5.82 Å². The lowest BCUT2D eigenvalue weighted by Gasteiger charge is -2.33. The molecule has 1 atom stereocenters. The van der Waals surface area contributed by atoms with Crippen molar-refractivity contribution in [3.05, 3.63) is 35.3 Å². The fraction of sp³-hybridized carbons (Fsp3) is 0.438. The first kappa shape index (κ1) is 19.5. The highest BCUT2D eigenvalue weighted by atomic mass is 19.4. The molecule has 148 valence electrons. The van der Waals surface area contributed by atoms with Gasteiger partial charge in [-0.15, -0.1) is 0 Å². The van der Waals surface area contributed by atoms with Crippen LogP contribution in [0.4, 0.5) is 30.7 Å². The van der Waals surface area contributed by atoms with E-state index in [4.69, 9.17) is 5.11 Å². The van der Waals surface area contributed by atoms with E-state index in [0.717, 1.165) is 10.6 Å². The Hall–Kier alpha value is -2.30. The number of rotatable bonds is 3. The minimum Gasteiger partial charge on any atom is -0.481 e. The fourth-order valence-corrected chi connectivity index (χ4v) is 3.58. The van der Waals surface area contributed by atoms with Gasteiger partial charge in [0.05, 0.1) is 11.9 Å². The Balaban J connectivity index is 2.38. The molecule has 0 saturated carbocycles. The van der Waals surface area contributed by atoms with E-state index in [9.17, 15) is 40.6 Å². The van der Waals surface area contributed by atoms with Gasteiger partial charge in [-0.1, -0.05) is 0 Å². The maximum Gasteiger partial charge on any atom is 0.430 e. The number of alkyl halides is 6. The summed E-state index contributed by atoms with van der Waals surface area (Å²) in [6.45, 7) is 0. The first-order chi connectivity index (χ1) is 12.3. The Morgan fingerprint density at radius 1 is 1.11 bits per heavy atom. The maximum atomic E-state index is 13.8. The average Bonchev–Trinajstić information content (AvgIpc) is 3.02. The molecule has 1 aliphatic rings. The number of carbonyl (C=O) groups is 1. The van der Waals surface area contributed by atoms with Crippen LogP contribution < -0.4 is 0 Å². The predicted molar refractivity (Wildman–Crippen MR) is 77.5 cm³/mol. The van der Waals surface area contributed by atoms with Crippen molar-refractivity contribution in [1.29, 1.82) is 0 Å². The molecule has 4 nitrogen and oxygen atoms in total. The van der Waals surface area contributed by atoms with Crippen LogP contribution in [0.5, 0.6) is 0 Å². The SMILES string of the molecule is O=C(O)CC1CCc2cc3cc(F)cc(C(O)(C(F)(F)F)C(F)(F)F)c3n21. The molecule has 0 bridgehead atoms. The molecule has 1 unspecified atom stereocenters. The quantitative estimate of drug-likeness (QED) is 0.766. The Kier molecular flexibility index (Phi) is 4.21. The van der Waals surface area contributed by atoms with Crippen molar-refractivity contribution in [2.45, 2.75) is 43.3 Å². The van der Waals surface area contributed by atoms with E-state index in [1.807, 2.05) is 0 Å². The lowest BCUT2D eigenvalue weighted by molar-refractivity contribution is -0.375. The smallest absolute Gasteiger partial charge is 0.430 e. The Morgan fingerprint density at radius 2 is 1.70 bits per heavy atom. The third-order valence-electron chi connectivity index (χ3n) is 4.70. The van der Waals surface area contributed by atoms with Crippen molar-refractivity contribution in [3.63, 3.8) is 0 Å². The summed E-state index contributed by atoms with van der Waals surface area (Å²) >= 11 is 0. The Morgan fingerprint density at radius 3 is 2.22 bits per heavy atom. The molecule has 2 N–H and O–H groups in total. The third kappa shape index (κ3) is 2.84. The second kappa shape index (κ2) is 5.85. The summed E-state index contributed by atoms with van der Waals surface area (Å²) in [5, 5.41) is 18.4. The van der Waals surface area contributed by atoms with Gasteiger partial charge in [0, 0.05) is 22.7 Å². The van der Waals surface area contributed by atoms with Crippen LogP contribution in [0.2, 0.25) is 0 Å². The van der Waals surface area contributed by atoms with E-state index in [2.05, 4.69) is 0 Å². The van der Waals surface area contributed by atoms with Crippen molar-refractivity contribution in [2.24, 2.45) is 0 Å². The largest absolute Gasteiger partial charge is 0.481 e. The van der Waals surface area contributed by atoms with Gasteiger partial charge >= 0.3 is 18.3 Å². The number of halogens is 7. The van der Waals surface area contributed by atoms with E-state index in [1.54, 1.807) is 0 Å². The standard InChI is InChI=1S/C16H12F7NO3/c17-8-3-7-4-9-1-2-10(6-12(25)26)24(9)13(7)11(5-8)14(27,15(18,19)20)16(21,22)23/h3-5,10,27H,1-2,6H2,(H,25,26). The molecule has 0 amide bonds. The zero-order chi connectivity index (χ0) is 20.4. The van der Waals surface area contributed by atoms with E-state index in [-0.39, 0.29) is 30.0 Å². The van der Waals surface area contributed by atoms with Gasteiger partial charge < -0.3 is 14.8 Å². The highest BCUT2D eigenvalue weighted by Gasteiger charge is 2.72. The number of carboxylic acid groups (broad SMARTS) is 1. The maximum absolute atomic E-state index is 13.8. The van der Waals surface area contributed by atoms with Crippen LogP contribution in [0.1, 0.15) is 30.1 Å². The predicted octanol–water partition coefficient (Wildman–Crippen LogP) is 4.05. The minimum atomic E-state index is -6.18. The molecular weight excluding hydrogens is 387 g/mol. The average molecular weight is 399 g/mol. The Labute approximate surface area is 146 Å². The van der Waals surface area contributed by atoms with Crippen molar-refractivity contribution in [1.82, 2.24) is 4.57 Å². The number of hydrogen-bond donors (Lipinski definition) is 2. The summed E-state index contributed by atoms with van der Waals surface area (Å²) in [6, 6.07) is 1.03. The van der Waals surface area contributed by atoms with Crippen LogP contribution in [0.15, 0.2) is 18.2 Å². The summed E-state index contributed by atoms with van der Waals surface area (Å²) in [5.41, 5.74) is -7.42. The van der Waals surface area contributed by atoms with Gasteiger partial charge in [0.1, 0.15) is 5.82 Å². The number of aliphatic carboxylic acids is 1. The zero-order valence-corrected chi connectivity index (χ0v) is 13.3. The summed E-state index contributed by atoms with van der Waals surface area (Å²) in [7, 11) is 0. The van der Waals surface area contributed by atoms with Crippen molar-refractivity contribution in [2.75, 3.05) is 0 Å². The number of carboxylic acids is 1. The molecule has 27 heavy (non-hydrogen) atoms. The molecule has 0 fully saturated rings. The minimum absolute atomic E-state index is 0.00720. The molecule has 0 radical (unpaired) electrons. The van der Waals surface area contributed by atoms with Crippen LogP contribution >= 0.6 is 0 Å². The molecule has 11 heteroatoms. The molecule has 2 aromatic rings. The first-order valence-corrected chi connectivity index (χ1v) is 7.69. The van der Waals surface area contributed by atoms with Gasteiger partial charge in [-0.05, 0) is 31.0 Å². The van der Waals surface area contributed by atoms with Crippen molar-refractivity contribution in [3.8, 4) is 0 Å². The normalized spacial score (nSPS) is 18.1. The lowest BCUT2D eigenvalue weighted by atomic mass is 9.90. The van der Waals surface area contributed by atoms with Gasteiger partial charge in [0.25, 0.3) is 5.60 Å². The molecule has 1 aliphatic heterocycles. The summed E-state index contributed by atoms with van der Waals surface area (Å²) < 4.78 is 94.7. The van der Waals surface area contributed by atoms with Crippen LogP contribution in [-0.2, 0) is 16.8 Å². The molecular formula is C16H12F7NO3. The molecule has 0 aliphatic carbocycles. The van der Waals surface area contributed by atoms with Gasteiger partial charge in [-0.2, -0.15) is 26.3 Å². The second-order valence-electron chi connectivity index (χ2n) is 6.39. The molecule has 2 heterocycles. The monoisotopic (exact) mass is 399 g/mol. The first-order valence-electron chi connectivity index (χ1n) is 7.69. The van der Waals surface area contributed by atoms with Crippen LogP contribution in [-0.4, -0.2) is 33.1 Å². The van der Waals surface area contributed by atoms with E-state index in [1.165, 1.54) is 6.07 Å². The molecule has 1 aromatic heterocycles. The number of aryl methyl sites for hydroxylation is 1. The number of aromatic nitrogens is 1. The molecule has 3 rings (SSSR count). The highest BCUT2D eigenvalue weighted by Crippen LogP contribution is 2.53. The van der Waals surface area contributed by atoms with Crippen LogP contribution in [0.25, 0.3) is 10.9 Å². The second-order valence-corrected chi connectivity index (χ2v) is 6.39. The number of aliphatic hydroxyl groups is 1. The van der Waals surface area contributed by atoms with Crippen molar-refractivity contribution < 1.29 is 45.7 Å². The van der Waals surface area contributed by atoms with Gasteiger partial charge in [-0.25, -0.2) is 4.39 Å². The molecule has 0 spiro atoms. The van der Waals surface area contributed by atoms with Gasteiger partial charge in [0.2, 0.25) is 0 Å². The third-order valence-corrected chi connectivity index (χ3v) is 4.70. The molecule has 1 aromatic carbocycles. The van der Waals surface area contributed by atoms with Crippen molar-refractivity contribution >= 4 is 16.9 Å². The lowest BCUT2D eigenvalue weighted by Crippen LogP contribution is -2.54. The Bertz CT molecular complexity index is 899. The van der Waals surface area contributed by atoms with Gasteiger partial charge in [0.15, 0.2) is 0 Å². The van der Waals surface area contributed by atoms with E-state index >= 15 is 0 Å². The number of hydrogen-bond acceptors (Lipinski definition) is 2. The van der Waals surface area contributed by atoms with E-state index in [0.29, 0.717) is 0 Å². The summed E-state index contributed by atoms with van der Waals surface area (Å²) in [6.07, 6.45) is -12.5.